The standard InChI is InChI=1S/C31H46N4O6S/c1-5-41-28(37)18-16-23(15-17-27(32)36)33-29(38)26(20-22-11-7-6-8-12-22)35(4)30(39)25(19-21(2)3)34-31(40)42-24-13-9-10-14-24/h6-8,11-12,16,18,21,23-26H,5,9-10,13-15,17,19-20H2,1-4H3,(H2,32,36)(H,33,38)(H,34,40)/b18-16+/t23-,25-,26-/m0/s1. The molecule has 4 amide bonds. The Morgan fingerprint density at radius 3 is 2.36 bits per heavy atom. The molecule has 0 aromatic heterocycles. The van der Waals surface area contributed by atoms with Crippen LogP contribution in [-0.2, 0) is 30.3 Å². The molecule has 0 spiro atoms. The molecule has 0 heterocycles. The van der Waals surface area contributed by atoms with Crippen molar-refractivity contribution in [2.75, 3.05) is 13.7 Å². The van der Waals surface area contributed by atoms with Crippen molar-refractivity contribution < 1.29 is 28.7 Å². The van der Waals surface area contributed by atoms with Crippen LogP contribution in [0.5, 0.6) is 0 Å². The third-order valence-corrected chi connectivity index (χ3v) is 8.18. The summed E-state index contributed by atoms with van der Waals surface area (Å²) in [5.74, 6) is -1.83. The number of thioether (sulfide) groups is 1. The number of likely N-dealkylation sites (N-methyl/N-ethyl adjacent to an activating group) is 1. The Balaban J connectivity index is 2.28. The molecule has 1 aromatic rings. The van der Waals surface area contributed by atoms with Crippen LogP contribution in [0.1, 0.15) is 71.3 Å². The number of rotatable bonds is 16. The molecule has 2 rings (SSSR count). The van der Waals surface area contributed by atoms with E-state index in [0.29, 0.717) is 6.42 Å². The maximum absolute atomic E-state index is 13.9. The molecule has 1 aliphatic carbocycles. The highest BCUT2D eigenvalue weighted by atomic mass is 32.2. The van der Waals surface area contributed by atoms with E-state index in [4.69, 9.17) is 10.5 Å². The predicted molar refractivity (Wildman–Crippen MR) is 164 cm³/mol. The Labute approximate surface area is 253 Å². The smallest absolute Gasteiger partial charge is 0.330 e. The number of hydrogen-bond donors (Lipinski definition) is 3. The Morgan fingerprint density at radius 2 is 1.76 bits per heavy atom. The van der Waals surface area contributed by atoms with Crippen LogP contribution in [0.2, 0.25) is 0 Å². The van der Waals surface area contributed by atoms with Gasteiger partial charge in [0, 0.05) is 37.3 Å². The van der Waals surface area contributed by atoms with Gasteiger partial charge in [-0.05, 0) is 44.1 Å². The minimum absolute atomic E-state index is 0.0165. The predicted octanol–water partition coefficient (Wildman–Crippen LogP) is 3.73. The second-order valence-electron chi connectivity index (χ2n) is 11.0. The van der Waals surface area contributed by atoms with Gasteiger partial charge < -0.3 is 26.0 Å². The summed E-state index contributed by atoms with van der Waals surface area (Å²) in [6.07, 6.45) is 7.63. The molecule has 1 saturated carbocycles. The Bertz CT molecular complexity index is 1070. The Hall–Kier alpha value is -3.34. The largest absolute Gasteiger partial charge is 0.463 e. The molecule has 11 heteroatoms. The van der Waals surface area contributed by atoms with E-state index in [1.165, 1.54) is 28.8 Å². The van der Waals surface area contributed by atoms with Gasteiger partial charge >= 0.3 is 5.97 Å². The van der Waals surface area contributed by atoms with Gasteiger partial charge in [-0.2, -0.15) is 0 Å². The fourth-order valence-corrected chi connectivity index (χ4v) is 5.93. The zero-order valence-corrected chi connectivity index (χ0v) is 26.0. The van der Waals surface area contributed by atoms with Crippen LogP contribution in [0, 0.1) is 5.92 Å². The molecule has 3 atom stereocenters. The molecule has 1 aromatic carbocycles. The van der Waals surface area contributed by atoms with Crippen molar-refractivity contribution in [1.82, 2.24) is 15.5 Å². The summed E-state index contributed by atoms with van der Waals surface area (Å²) in [5, 5.41) is 5.82. The van der Waals surface area contributed by atoms with Crippen LogP contribution in [0.25, 0.3) is 0 Å². The molecular weight excluding hydrogens is 556 g/mol. The molecule has 1 aliphatic rings. The lowest BCUT2D eigenvalue weighted by Crippen LogP contribution is -2.56. The number of nitrogens with one attached hydrogen (secondary N) is 2. The first-order valence-corrected chi connectivity index (χ1v) is 15.6. The first-order chi connectivity index (χ1) is 20.0. The highest BCUT2D eigenvalue weighted by Gasteiger charge is 2.34. The van der Waals surface area contributed by atoms with E-state index in [2.05, 4.69) is 10.6 Å². The van der Waals surface area contributed by atoms with Gasteiger partial charge in [-0.3, -0.25) is 19.2 Å². The SMILES string of the molecule is CCOC(=O)/C=C/[C@H](CCC(N)=O)NC(=O)[C@H](Cc1ccccc1)N(C)C(=O)[C@H](CC(C)C)NC(=O)SC1CCCC1. The highest BCUT2D eigenvalue weighted by Crippen LogP contribution is 2.30. The van der Waals surface area contributed by atoms with Gasteiger partial charge in [-0.15, -0.1) is 0 Å². The number of amides is 4. The van der Waals surface area contributed by atoms with Gasteiger partial charge in [0.05, 0.1) is 6.61 Å². The molecule has 10 nitrogen and oxygen atoms in total. The highest BCUT2D eigenvalue weighted by molar-refractivity contribution is 8.14. The Kier molecular flexibility index (Phi) is 15.1. The third kappa shape index (κ3) is 12.7. The summed E-state index contributed by atoms with van der Waals surface area (Å²) in [7, 11) is 1.56. The van der Waals surface area contributed by atoms with Gasteiger partial charge in [-0.25, -0.2) is 4.79 Å². The van der Waals surface area contributed by atoms with E-state index in [1.54, 1.807) is 14.0 Å². The topological polar surface area (TPSA) is 148 Å². The summed E-state index contributed by atoms with van der Waals surface area (Å²) in [5.41, 5.74) is 6.17. The van der Waals surface area contributed by atoms with Crippen molar-refractivity contribution in [1.29, 1.82) is 0 Å². The van der Waals surface area contributed by atoms with Crippen LogP contribution in [-0.4, -0.2) is 70.9 Å². The number of benzene rings is 1. The first kappa shape index (κ1) is 34.9. The van der Waals surface area contributed by atoms with E-state index >= 15 is 0 Å². The average Bonchev–Trinajstić information content (AvgIpc) is 3.45. The lowest BCUT2D eigenvalue weighted by molar-refractivity contribution is -0.140. The number of carbonyl (C=O) groups is 5. The first-order valence-electron chi connectivity index (χ1n) is 14.7. The fourth-order valence-electron chi connectivity index (χ4n) is 4.85. The number of nitrogens with two attached hydrogens (primary N) is 1. The lowest BCUT2D eigenvalue weighted by atomic mass is 9.99. The monoisotopic (exact) mass is 602 g/mol. The molecule has 0 aliphatic heterocycles. The second-order valence-corrected chi connectivity index (χ2v) is 12.3. The molecule has 0 unspecified atom stereocenters. The molecule has 42 heavy (non-hydrogen) atoms. The van der Waals surface area contributed by atoms with E-state index in [0.717, 1.165) is 31.2 Å². The van der Waals surface area contributed by atoms with E-state index in [9.17, 15) is 24.0 Å². The molecular formula is C31H46N4O6S. The Morgan fingerprint density at radius 1 is 1.10 bits per heavy atom. The number of carbonyl (C=O) groups excluding carboxylic acids is 5. The zero-order valence-electron chi connectivity index (χ0n) is 25.2. The maximum atomic E-state index is 13.9. The van der Waals surface area contributed by atoms with Crippen molar-refractivity contribution in [3.8, 4) is 0 Å². The van der Waals surface area contributed by atoms with E-state index in [1.807, 2.05) is 44.2 Å². The van der Waals surface area contributed by atoms with Crippen molar-refractivity contribution in [3.63, 3.8) is 0 Å². The van der Waals surface area contributed by atoms with Crippen molar-refractivity contribution in [3.05, 3.63) is 48.0 Å². The summed E-state index contributed by atoms with van der Waals surface area (Å²) >= 11 is 1.25. The molecule has 4 N–H and O–H groups in total. The number of ether oxygens (including phenoxy) is 1. The van der Waals surface area contributed by atoms with E-state index in [-0.39, 0.29) is 48.2 Å². The fraction of sp³-hybridized carbons (Fsp3) is 0.581. The number of nitrogens with zero attached hydrogens (tertiary/aromatic N) is 1. The van der Waals surface area contributed by atoms with Gasteiger partial charge in [0.15, 0.2) is 0 Å². The van der Waals surface area contributed by atoms with Crippen LogP contribution in [0.4, 0.5) is 4.79 Å². The van der Waals surface area contributed by atoms with Crippen LogP contribution >= 0.6 is 11.8 Å². The number of hydrogen-bond acceptors (Lipinski definition) is 7. The van der Waals surface area contributed by atoms with Crippen molar-refractivity contribution >= 4 is 40.7 Å². The molecule has 0 bridgehead atoms. The number of primary amides is 1. The van der Waals surface area contributed by atoms with Crippen LogP contribution in [0.15, 0.2) is 42.5 Å². The van der Waals surface area contributed by atoms with Gasteiger partial charge in [0.2, 0.25) is 17.7 Å². The minimum atomic E-state index is -0.930. The summed E-state index contributed by atoms with van der Waals surface area (Å²) in [4.78, 5) is 65.2. The average molecular weight is 603 g/mol. The van der Waals surface area contributed by atoms with Crippen LogP contribution < -0.4 is 16.4 Å². The quantitative estimate of drug-likeness (QED) is 0.193. The van der Waals surface area contributed by atoms with Crippen LogP contribution in [0.3, 0.4) is 0 Å². The van der Waals surface area contributed by atoms with Crippen molar-refractivity contribution in [2.24, 2.45) is 11.7 Å². The molecule has 0 radical (unpaired) electrons. The van der Waals surface area contributed by atoms with Gasteiger partial charge in [-0.1, -0.05) is 74.9 Å². The molecule has 0 saturated heterocycles. The minimum Gasteiger partial charge on any atom is -0.463 e. The normalized spacial score (nSPS) is 15.6. The summed E-state index contributed by atoms with van der Waals surface area (Å²) in [6, 6.07) is 6.88. The zero-order chi connectivity index (χ0) is 31.1. The maximum Gasteiger partial charge on any atom is 0.330 e. The summed E-state index contributed by atoms with van der Waals surface area (Å²) in [6.45, 7) is 5.83. The van der Waals surface area contributed by atoms with E-state index < -0.39 is 35.9 Å². The van der Waals surface area contributed by atoms with Crippen molar-refractivity contribution in [2.45, 2.75) is 95.5 Å². The summed E-state index contributed by atoms with van der Waals surface area (Å²) < 4.78 is 4.93. The lowest BCUT2D eigenvalue weighted by Gasteiger charge is -2.32. The molecule has 1 fully saturated rings. The third-order valence-electron chi connectivity index (χ3n) is 7.04. The number of esters is 1. The molecule has 232 valence electrons. The second kappa shape index (κ2) is 18.3. The van der Waals surface area contributed by atoms with Gasteiger partial charge in [0.1, 0.15) is 12.1 Å². The van der Waals surface area contributed by atoms with Gasteiger partial charge in [0.25, 0.3) is 5.24 Å².